The number of carboxylic acid groups (broad SMARTS) is 1. The molecule has 0 bridgehead atoms. The van der Waals surface area contributed by atoms with E-state index in [-0.39, 0.29) is 11.5 Å². The van der Waals surface area contributed by atoms with Gasteiger partial charge in [-0.15, -0.1) is 0 Å². The van der Waals surface area contributed by atoms with Crippen molar-refractivity contribution in [2.75, 3.05) is 6.61 Å². The van der Waals surface area contributed by atoms with Gasteiger partial charge in [-0.3, -0.25) is 4.79 Å². The third-order valence-electron chi connectivity index (χ3n) is 4.59. The van der Waals surface area contributed by atoms with Crippen LogP contribution in [-0.2, 0) is 4.79 Å². The molecule has 3 rings (SSSR count). The van der Waals surface area contributed by atoms with E-state index in [0.717, 1.165) is 4.47 Å². The fourth-order valence-corrected chi connectivity index (χ4v) is 3.35. The van der Waals surface area contributed by atoms with Crippen molar-refractivity contribution in [2.24, 2.45) is 5.10 Å². The number of carboxylic acids is 1. The minimum absolute atomic E-state index is 0.0276. The van der Waals surface area contributed by atoms with Crippen molar-refractivity contribution in [2.45, 2.75) is 39.7 Å². The molecule has 8 nitrogen and oxygen atoms in total. The van der Waals surface area contributed by atoms with Crippen molar-refractivity contribution < 1.29 is 19.4 Å². The molecule has 0 unspecified atom stereocenters. The van der Waals surface area contributed by atoms with Crippen LogP contribution in [0.4, 0.5) is 0 Å². The number of halogens is 1. The van der Waals surface area contributed by atoms with E-state index in [4.69, 9.17) is 14.6 Å². The number of aliphatic carboxylic acids is 1. The number of nitrogens with zero attached hydrogens (tertiary/aromatic N) is 3. The number of hydrogen-bond acceptors (Lipinski definition) is 6. The molecule has 1 aromatic heterocycles. The van der Waals surface area contributed by atoms with Crippen molar-refractivity contribution >= 4 is 39.0 Å². The molecule has 9 heteroatoms. The Balaban J connectivity index is 2.03. The smallest absolute Gasteiger partial charge is 0.344 e. The van der Waals surface area contributed by atoms with Crippen LogP contribution in [-0.4, -0.2) is 39.7 Å². The second-order valence-corrected chi connectivity index (χ2v) is 8.30. The van der Waals surface area contributed by atoms with Gasteiger partial charge in [-0.1, -0.05) is 29.8 Å². The summed E-state index contributed by atoms with van der Waals surface area (Å²) in [7, 11) is 0. The van der Waals surface area contributed by atoms with Gasteiger partial charge in [0.05, 0.1) is 23.7 Å². The van der Waals surface area contributed by atoms with Crippen LogP contribution in [0.1, 0.15) is 45.0 Å². The van der Waals surface area contributed by atoms with E-state index in [2.05, 4.69) is 26.0 Å². The third-order valence-corrected chi connectivity index (χ3v) is 5.08. The Kier molecular flexibility index (Phi) is 7.29. The summed E-state index contributed by atoms with van der Waals surface area (Å²) in [6.07, 6.45) is 0.509. The predicted molar refractivity (Wildman–Crippen MR) is 126 cm³/mol. The quantitative estimate of drug-likeness (QED) is 0.458. The van der Waals surface area contributed by atoms with E-state index in [0.29, 0.717) is 40.4 Å². The van der Waals surface area contributed by atoms with Gasteiger partial charge in [-0.05, 0) is 55.8 Å². The Hall–Kier alpha value is -3.20. The summed E-state index contributed by atoms with van der Waals surface area (Å²) in [6, 6.07) is 10.4. The first kappa shape index (κ1) is 23.5. The zero-order valence-corrected chi connectivity index (χ0v) is 19.8. The van der Waals surface area contributed by atoms with Gasteiger partial charge in [0.2, 0.25) is 0 Å². The van der Waals surface area contributed by atoms with E-state index in [1.807, 2.05) is 26.8 Å². The highest BCUT2D eigenvalue weighted by molar-refractivity contribution is 9.10. The fourth-order valence-electron chi connectivity index (χ4n) is 2.99. The lowest BCUT2D eigenvalue weighted by Crippen LogP contribution is -2.23. The molecule has 2 aromatic carbocycles. The Bertz CT molecular complexity index is 1240. The number of carbonyl (C=O) groups is 1. The molecule has 0 fully saturated rings. The molecule has 0 aliphatic rings. The highest BCUT2D eigenvalue weighted by Crippen LogP contribution is 2.29. The first-order valence-electron chi connectivity index (χ1n) is 10.1. The van der Waals surface area contributed by atoms with Crippen molar-refractivity contribution in [3.8, 4) is 11.5 Å². The van der Waals surface area contributed by atoms with Crippen molar-refractivity contribution in [1.29, 1.82) is 0 Å². The van der Waals surface area contributed by atoms with E-state index >= 15 is 0 Å². The lowest BCUT2D eigenvalue weighted by molar-refractivity contribution is -0.144. The van der Waals surface area contributed by atoms with E-state index in [1.165, 1.54) is 17.8 Å². The molecule has 1 N–H and O–H groups in total. The monoisotopic (exact) mass is 501 g/mol. The second kappa shape index (κ2) is 9.95. The molecule has 1 heterocycles. The first-order chi connectivity index (χ1) is 15.2. The van der Waals surface area contributed by atoms with E-state index in [9.17, 15) is 9.59 Å². The van der Waals surface area contributed by atoms with Gasteiger partial charge in [-0.2, -0.15) is 9.78 Å². The summed E-state index contributed by atoms with van der Waals surface area (Å²) in [5.74, 6) is 0.147. The molecule has 0 aliphatic heterocycles. The predicted octanol–water partition coefficient (Wildman–Crippen LogP) is 4.42. The SMILES string of the molecule is CCOc1cc(C=Nn2c(C(C)C)nc3ccc(Br)cc3c2=O)ccc1O[C@@H](C)C(=O)O. The molecule has 1 atom stereocenters. The van der Waals surface area contributed by atoms with Crippen LogP contribution in [0.5, 0.6) is 11.5 Å². The Morgan fingerprint density at radius 3 is 2.62 bits per heavy atom. The van der Waals surface area contributed by atoms with Gasteiger partial charge in [-0.25, -0.2) is 9.78 Å². The normalized spacial score (nSPS) is 12.4. The Labute approximate surface area is 193 Å². The van der Waals surface area contributed by atoms with E-state index in [1.54, 1.807) is 30.3 Å². The van der Waals surface area contributed by atoms with Crippen LogP contribution in [0.15, 0.2) is 50.8 Å². The van der Waals surface area contributed by atoms with Crippen LogP contribution >= 0.6 is 15.9 Å². The summed E-state index contributed by atoms with van der Waals surface area (Å²) in [4.78, 5) is 28.9. The number of benzene rings is 2. The molecule has 168 valence electrons. The van der Waals surface area contributed by atoms with Crippen LogP contribution in [0.3, 0.4) is 0 Å². The minimum Gasteiger partial charge on any atom is -0.490 e. The van der Waals surface area contributed by atoms with Gasteiger partial charge >= 0.3 is 5.97 Å². The number of aromatic nitrogens is 2. The first-order valence-corrected chi connectivity index (χ1v) is 10.9. The zero-order valence-electron chi connectivity index (χ0n) is 18.2. The summed E-state index contributed by atoms with van der Waals surface area (Å²) in [5, 5.41) is 14.0. The molecule has 0 radical (unpaired) electrons. The largest absolute Gasteiger partial charge is 0.490 e. The van der Waals surface area contributed by atoms with Gasteiger partial charge in [0, 0.05) is 10.4 Å². The number of ether oxygens (including phenoxy) is 2. The molecule has 0 saturated carbocycles. The molecule has 3 aromatic rings. The molecule has 32 heavy (non-hydrogen) atoms. The van der Waals surface area contributed by atoms with Crippen molar-refractivity contribution in [1.82, 2.24) is 9.66 Å². The maximum absolute atomic E-state index is 13.1. The van der Waals surface area contributed by atoms with Gasteiger partial charge < -0.3 is 14.6 Å². The number of fused-ring (bicyclic) bond motifs is 1. The van der Waals surface area contributed by atoms with Crippen LogP contribution < -0.4 is 15.0 Å². The molecule has 0 saturated heterocycles. The molecule has 0 amide bonds. The van der Waals surface area contributed by atoms with Crippen molar-refractivity contribution in [3.63, 3.8) is 0 Å². The van der Waals surface area contributed by atoms with E-state index < -0.39 is 12.1 Å². The third kappa shape index (κ3) is 5.16. The standard InChI is InChI=1S/C23H24BrN3O5/c1-5-31-20-10-15(6-9-19(20)32-14(4)23(29)30)12-25-27-21(13(2)3)26-18-8-7-16(24)11-17(18)22(27)28/h6-14H,5H2,1-4H3,(H,29,30)/t14-/m0/s1. The van der Waals surface area contributed by atoms with Crippen LogP contribution in [0.25, 0.3) is 10.9 Å². The summed E-state index contributed by atoms with van der Waals surface area (Å²) in [5.41, 5.74) is 0.997. The molecule has 0 spiro atoms. The lowest BCUT2D eigenvalue weighted by atomic mass is 10.2. The average Bonchev–Trinajstić information content (AvgIpc) is 2.74. The number of rotatable bonds is 8. The van der Waals surface area contributed by atoms with Gasteiger partial charge in [0.25, 0.3) is 5.56 Å². The molecular formula is C23H24BrN3O5. The minimum atomic E-state index is -1.07. The summed E-state index contributed by atoms with van der Waals surface area (Å²) >= 11 is 3.39. The zero-order chi connectivity index (χ0) is 23.4. The van der Waals surface area contributed by atoms with Crippen LogP contribution in [0.2, 0.25) is 0 Å². The number of hydrogen-bond donors (Lipinski definition) is 1. The second-order valence-electron chi connectivity index (χ2n) is 7.39. The highest BCUT2D eigenvalue weighted by Gasteiger charge is 2.16. The highest BCUT2D eigenvalue weighted by atomic mass is 79.9. The van der Waals surface area contributed by atoms with Gasteiger partial charge in [0.15, 0.2) is 17.6 Å². The molecular weight excluding hydrogens is 478 g/mol. The lowest BCUT2D eigenvalue weighted by Gasteiger charge is -2.15. The summed E-state index contributed by atoms with van der Waals surface area (Å²) < 4.78 is 13.2. The maximum atomic E-state index is 13.1. The van der Waals surface area contributed by atoms with Crippen molar-refractivity contribution in [3.05, 3.63) is 62.6 Å². The fraction of sp³-hybridized carbons (Fsp3) is 0.304. The topological polar surface area (TPSA) is 103 Å². The van der Waals surface area contributed by atoms with Crippen LogP contribution in [0, 0.1) is 0 Å². The summed E-state index contributed by atoms with van der Waals surface area (Å²) in [6.45, 7) is 7.53. The van der Waals surface area contributed by atoms with Gasteiger partial charge in [0.1, 0.15) is 5.82 Å². The maximum Gasteiger partial charge on any atom is 0.344 e. The Morgan fingerprint density at radius 1 is 1.22 bits per heavy atom. The molecule has 0 aliphatic carbocycles. The average molecular weight is 502 g/mol. The Morgan fingerprint density at radius 2 is 1.97 bits per heavy atom.